The molecule has 0 spiro atoms. The van der Waals surface area contributed by atoms with E-state index in [-0.39, 0.29) is 24.1 Å². The van der Waals surface area contributed by atoms with Gasteiger partial charge >= 0.3 is 0 Å². The second-order valence-electron chi connectivity index (χ2n) is 6.33. The number of aliphatic imine (C=N–C) groups is 1. The van der Waals surface area contributed by atoms with Gasteiger partial charge in [-0.2, -0.15) is 0 Å². The van der Waals surface area contributed by atoms with Gasteiger partial charge in [0.1, 0.15) is 5.69 Å². The molecule has 1 amide bonds. The number of carbonyl (C=O) groups is 1. The first-order valence-corrected chi connectivity index (χ1v) is 8.78. The van der Waals surface area contributed by atoms with Crippen molar-refractivity contribution in [3.63, 3.8) is 0 Å². The van der Waals surface area contributed by atoms with Crippen LogP contribution >= 0.6 is 0 Å². The maximum Gasteiger partial charge on any atom is 0.269 e. The van der Waals surface area contributed by atoms with Gasteiger partial charge in [-0.15, -0.1) is 0 Å². The number of β-amino-alcohol motifs (C(OH)–C–C–N with tert-alkyl or cyclic N) is 1. The minimum absolute atomic E-state index is 0.210. The molecule has 10 heteroatoms. The Morgan fingerprint density at radius 3 is 2.69 bits per heavy atom. The summed E-state index contributed by atoms with van der Waals surface area (Å²) < 4.78 is 26.5. The Morgan fingerprint density at radius 1 is 1.28 bits per heavy atom. The fourth-order valence-electron chi connectivity index (χ4n) is 2.63. The molecule has 2 heterocycles. The third-order valence-corrected chi connectivity index (χ3v) is 4.00. The van der Waals surface area contributed by atoms with E-state index in [2.05, 4.69) is 26.0 Å². The zero-order valence-electron chi connectivity index (χ0n) is 15.8. The molecule has 29 heavy (non-hydrogen) atoms. The Labute approximate surface area is 165 Å². The Kier molecular flexibility index (Phi) is 6.03. The van der Waals surface area contributed by atoms with Crippen molar-refractivity contribution in [2.75, 3.05) is 18.9 Å². The maximum absolute atomic E-state index is 13.4. The van der Waals surface area contributed by atoms with Crippen LogP contribution in [-0.4, -0.2) is 46.7 Å². The van der Waals surface area contributed by atoms with Crippen LogP contribution in [0.25, 0.3) is 5.70 Å². The van der Waals surface area contributed by atoms with Gasteiger partial charge in [0.2, 0.25) is 5.96 Å². The van der Waals surface area contributed by atoms with Crippen LogP contribution in [0.1, 0.15) is 23.0 Å². The van der Waals surface area contributed by atoms with Crippen molar-refractivity contribution in [2.24, 2.45) is 4.99 Å². The number of nitrogens with one attached hydrogen (secondary N) is 3. The third-order valence-electron chi connectivity index (χ3n) is 4.00. The summed E-state index contributed by atoms with van der Waals surface area (Å²) in [4.78, 5) is 20.0. The topological polar surface area (TPSA) is 102 Å². The molecular formula is C19H20F2N6O2. The van der Waals surface area contributed by atoms with Crippen molar-refractivity contribution in [3.8, 4) is 0 Å². The smallest absolute Gasteiger partial charge is 0.269 e. The van der Waals surface area contributed by atoms with Crippen molar-refractivity contribution >= 4 is 23.3 Å². The van der Waals surface area contributed by atoms with Gasteiger partial charge in [-0.3, -0.25) is 20.2 Å². The van der Waals surface area contributed by atoms with Crippen molar-refractivity contribution in [2.45, 2.75) is 13.0 Å². The number of benzene rings is 1. The van der Waals surface area contributed by atoms with E-state index in [4.69, 9.17) is 0 Å². The standard InChI is InChI=1S/C19H20F2N6O2/c1-11(28)10-27-17(12-3-6-16(23-8-12)18(29)22-2)9-24-19(26-27)25-13-4-5-14(20)15(21)7-13/h3-9,11,28H,10H2,1-2H3,(H,22,29)(H2,24,25,26)/t11-/m0/s1. The molecule has 0 saturated carbocycles. The van der Waals surface area contributed by atoms with E-state index >= 15 is 0 Å². The summed E-state index contributed by atoms with van der Waals surface area (Å²) in [5, 5.41) is 16.8. The van der Waals surface area contributed by atoms with Gasteiger partial charge in [-0.1, -0.05) is 0 Å². The van der Waals surface area contributed by atoms with Crippen molar-refractivity contribution in [3.05, 3.63) is 65.6 Å². The Bertz CT molecular complexity index is 960. The fourth-order valence-corrected chi connectivity index (χ4v) is 2.63. The number of rotatable bonds is 5. The third kappa shape index (κ3) is 4.85. The number of aromatic nitrogens is 1. The summed E-state index contributed by atoms with van der Waals surface area (Å²) in [6.45, 7) is 1.84. The molecule has 4 N–H and O–H groups in total. The van der Waals surface area contributed by atoms with Gasteiger partial charge < -0.3 is 15.7 Å². The van der Waals surface area contributed by atoms with Crippen LogP contribution in [-0.2, 0) is 0 Å². The molecule has 2 aromatic rings. The molecule has 0 unspecified atom stereocenters. The van der Waals surface area contributed by atoms with Gasteiger partial charge in [0, 0.05) is 30.6 Å². The summed E-state index contributed by atoms with van der Waals surface area (Å²) in [5.74, 6) is -1.97. The number of nitrogens with zero attached hydrogens (tertiary/aromatic N) is 3. The summed E-state index contributed by atoms with van der Waals surface area (Å²) in [7, 11) is 1.52. The van der Waals surface area contributed by atoms with E-state index in [1.807, 2.05) is 0 Å². The number of guanidine groups is 1. The summed E-state index contributed by atoms with van der Waals surface area (Å²) in [6.07, 6.45) is 2.39. The van der Waals surface area contributed by atoms with Gasteiger partial charge in [-0.25, -0.2) is 13.8 Å². The largest absolute Gasteiger partial charge is 0.391 e. The molecule has 3 rings (SSSR count). The van der Waals surface area contributed by atoms with Crippen molar-refractivity contribution in [1.29, 1.82) is 0 Å². The van der Waals surface area contributed by atoms with Crippen LogP contribution in [0.4, 0.5) is 14.5 Å². The molecule has 152 valence electrons. The van der Waals surface area contributed by atoms with Gasteiger partial charge in [0.05, 0.1) is 24.5 Å². The minimum Gasteiger partial charge on any atom is -0.391 e. The fraction of sp³-hybridized carbons (Fsp3) is 0.211. The van der Waals surface area contributed by atoms with Crippen LogP contribution in [0.3, 0.4) is 0 Å². The quantitative estimate of drug-likeness (QED) is 0.607. The van der Waals surface area contributed by atoms with Crippen LogP contribution < -0.4 is 16.1 Å². The number of hydrogen-bond donors (Lipinski definition) is 4. The summed E-state index contributed by atoms with van der Waals surface area (Å²) in [6, 6.07) is 6.69. The summed E-state index contributed by atoms with van der Waals surface area (Å²) in [5.41, 5.74) is 4.84. The van der Waals surface area contributed by atoms with Crippen LogP contribution in [0.15, 0.2) is 47.7 Å². The van der Waals surface area contributed by atoms with Crippen LogP contribution in [0, 0.1) is 11.6 Å². The first-order chi connectivity index (χ1) is 13.9. The highest BCUT2D eigenvalue weighted by Crippen LogP contribution is 2.21. The molecule has 0 aliphatic carbocycles. The van der Waals surface area contributed by atoms with Crippen LogP contribution in [0.5, 0.6) is 0 Å². The molecule has 0 fully saturated rings. The van der Waals surface area contributed by atoms with E-state index in [1.165, 1.54) is 25.5 Å². The second kappa shape index (κ2) is 8.65. The molecule has 1 atom stereocenters. The minimum atomic E-state index is -0.981. The molecular weight excluding hydrogens is 382 g/mol. The maximum atomic E-state index is 13.4. The van der Waals surface area contributed by atoms with Crippen molar-refractivity contribution in [1.82, 2.24) is 20.7 Å². The zero-order chi connectivity index (χ0) is 21.0. The van der Waals surface area contributed by atoms with Gasteiger partial charge in [-0.05, 0) is 31.2 Å². The lowest BCUT2D eigenvalue weighted by molar-refractivity contribution is 0.0958. The molecule has 1 aliphatic rings. The molecule has 0 bridgehead atoms. The number of pyridine rings is 1. The van der Waals surface area contributed by atoms with E-state index < -0.39 is 17.7 Å². The number of amides is 1. The monoisotopic (exact) mass is 402 g/mol. The molecule has 1 aliphatic heterocycles. The van der Waals surface area contributed by atoms with Crippen LogP contribution in [0.2, 0.25) is 0 Å². The lowest BCUT2D eigenvalue weighted by atomic mass is 10.2. The highest BCUT2D eigenvalue weighted by molar-refractivity contribution is 5.96. The Hall–Kier alpha value is -3.53. The number of anilines is 1. The normalized spacial score (nSPS) is 14.4. The lowest BCUT2D eigenvalue weighted by Gasteiger charge is -2.32. The first-order valence-electron chi connectivity index (χ1n) is 8.78. The highest BCUT2D eigenvalue weighted by atomic mass is 19.2. The molecule has 1 aromatic carbocycles. The first kappa shape index (κ1) is 20.2. The Balaban J connectivity index is 1.86. The molecule has 8 nitrogen and oxygen atoms in total. The van der Waals surface area contributed by atoms with E-state index in [1.54, 1.807) is 24.1 Å². The predicted molar refractivity (Wildman–Crippen MR) is 105 cm³/mol. The summed E-state index contributed by atoms with van der Waals surface area (Å²) >= 11 is 0. The van der Waals surface area contributed by atoms with Crippen molar-refractivity contribution < 1.29 is 18.7 Å². The number of carbonyl (C=O) groups excluding carboxylic acids is 1. The molecule has 0 radical (unpaired) electrons. The number of aliphatic hydroxyl groups is 1. The SMILES string of the molecule is CNC(=O)c1ccc(C2=CN=C(Nc3ccc(F)c(F)c3)NN2C[C@H](C)O)cn1. The molecule has 0 saturated heterocycles. The average molecular weight is 402 g/mol. The molecule has 1 aromatic heterocycles. The number of halogens is 2. The lowest BCUT2D eigenvalue weighted by Crippen LogP contribution is -2.48. The van der Waals surface area contributed by atoms with E-state index in [0.717, 1.165) is 12.1 Å². The number of hydrogen-bond acceptors (Lipinski definition) is 7. The van der Waals surface area contributed by atoms with Gasteiger partial charge in [0.25, 0.3) is 5.91 Å². The number of hydrazine groups is 1. The second-order valence-corrected chi connectivity index (χ2v) is 6.33. The van der Waals surface area contributed by atoms with E-state index in [9.17, 15) is 18.7 Å². The Morgan fingerprint density at radius 2 is 2.07 bits per heavy atom. The van der Waals surface area contributed by atoms with Gasteiger partial charge in [0.15, 0.2) is 11.6 Å². The average Bonchev–Trinajstić information content (AvgIpc) is 2.70. The highest BCUT2D eigenvalue weighted by Gasteiger charge is 2.20. The predicted octanol–water partition coefficient (Wildman–Crippen LogP) is 1.69. The number of aliphatic hydroxyl groups excluding tert-OH is 1. The van der Waals surface area contributed by atoms with E-state index in [0.29, 0.717) is 16.9 Å². The zero-order valence-corrected chi connectivity index (χ0v) is 15.8.